The maximum absolute atomic E-state index is 13.8. The molecule has 1 aliphatic carbocycles. The van der Waals surface area contributed by atoms with Crippen molar-refractivity contribution in [3.05, 3.63) is 29.6 Å². The summed E-state index contributed by atoms with van der Waals surface area (Å²) in [5.74, 6) is 1.70. The number of nitrogens with one attached hydrogen (secondary N) is 1. The molecule has 1 aliphatic rings. The molecule has 0 aromatic heterocycles. The number of hydrogen-bond donors (Lipinski definition) is 1. The standard InChI is InChI=1S/C17H26FN3O.HI/c1-4-19-17(20-10-9-13-5-6-13)21(2)12-14-7-8-16(22-3)15(18)11-14;/h7-8,11,13H,4-6,9-10,12H2,1-3H3,(H,19,20);1H. The number of ether oxygens (including phenoxy) is 1. The van der Waals surface area contributed by atoms with Crippen molar-refractivity contribution in [2.75, 3.05) is 27.2 Å². The van der Waals surface area contributed by atoms with E-state index in [0.717, 1.165) is 30.5 Å². The zero-order valence-corrected chi connectivity index (χ0v) is 16.5. The summed E-state index contributed by atoms with van der Waals surface area (Å²) in [7, 11) is 3.45. The average Bonchev–Trinajstić information content (AvgIpc) is 3.31. The van der Waals surface area contributed by atoms with E-state index in [1.165, 1.54) is 32.4 Å². The topological polar surface area (TPSA) is 36.9 Å². The number of methoxy groups -OCH3 is 1. The second-order valence-electron chi connectivity index (χ2n) is 5.79. The largest absolute Gasteiger partial charge is 0.494 e. The van der Waals surface area contributed by atoms with Crippen LogP contribution >= 0.6 is 24.0 Å². The van der Waals surface area contributed by atoms with Crippen LogP contribution in [0.3, 0.4) is 0 Å². The van der Waals surface area contributed by atoms with Gasteiger partial charge in [0.2, 0.25) is 0 Å². The van der Waals surface area contributed by atoms with Gasteiger partial charge in [-0.3, -0.25) is 4.99 Å². The van der Waals surface area contributed by atoms with E-state index in [0.29, 0.717) is 6.54 Å². The van der Waals surface area contributed by atoms with Gasteiger partial charge in [0.25, 0.3) is 0 Å². The zero-order valence-electron chi connectivity index (χ0n) is 14.1. The third kappa shape index (κ3) is 6.53. The van der Waals surface area contributed by atoms with Gasteiger partial charge in [-0.15, -0.1) is 24.0 Å². The summed E-state index contributed by atoms with van der Waals surface area (Å²) in [4.78, 5) is 6.68. The molecule has 0 aliphatic heterocycles. The Morgan fingerprint density at radius 3 is 2.74 bits per heavy atom. The summed E-state index contributed by atoms with van der Waals surface area (Å²) in [5.41, 5.74) is 0.897. The molecular formula is C17H27FIN3O. The molecule has 4 nitrogen and oxygen atoms in total. The SMILES string of the molecule is CCNC(=NCCC1CC1)N(C)Cc1ccc(OC)c(F)c1.I. The molecule has 1 fully saturated rings. The first-order chi connectivity index (χ1) is 10.6. The molecule has 23 heavy (non-hydrogen) atoms. The van der Waals surface area contributed by atoms with E-state index in [9.17, 15) is 4.39 Å². The second-order valence-corrected chi connectivity index (χ2v) is 5.79. The van der Waals surface area contributed by atoms with Gasteiger partial charge < -0.3 is 15.0 Å². The molecule has 0 saturated heterocycles. The van der Waals surface area contributed by atoms with Crippen molar-refractivity contribution in [1.82, 2.24) is 10.2 Å². The number of benzene rings is 1. The van der Waals surface area contributed by atoms with Crippen molar-refractivity contribution in [3.8, 4) is 5.75 Å². The number of rotatable bonds is 7. The first-order valence-corrected chi connectivity index (χ1v) is 7.96. The Balaban J connectivity index is 0.00000264. The fraction of sp³-hybridized carbons (Fsp3) is 0.588. The van der Waals surface area contributed by atoms with Gasteiger partial charge in [0.1, 0.15) is 0 Å². The Hall–Kier alpha value is -1.05. The average molecular weight is 435 g/mol. The lowest BCUT2D eigenvalue weighted by Gasteiger charge is -2.22. The third-order valence-corrected chi connectivity index (χ3v) is 3.83. The smallest absolute Gasteiger partial charge is 0.193 e. The number of hydrogen-bond acceptors (Lipinski definition) is 2. The lowest BCUT2D eigenvalue weighted by atomic mass is 10.2. The highest BCUT2D eigenvalue weighted by Crippen LogP contribution is 2.32. The van der Waals surface area contributed by atoms with Crippen LogP contribution < -0.4 is 10.1 Å². The minimum atomic E-state index is -0.330. The van der Waals surface area contributed by atoms with Gasteiger partial charge in [-0.1, -0.05) is 18.9 Å². The lowest BCUT2D eigenvalue weighted by Crippen LogP contribution is -2.38. The van der Waals surface area contributed by atoms with Crippen molar-refractivity contribution in [1.29, 1.82) is 0 Å². The van der Waals surface area contributed by atoms with Crippen LogP contribution in [0.2, 0.25) is 0 Å². The molecule has 0 spiro atoms. The number of halogens is 2. The second kappa shape index (κ2) is 9.95. The van der Waals surface area contributed by atoms with Gasteiger partial charge >= 0.3 is 0 Å². The van der Waals surface area contributed by atoms with Crippen LogP contribution in [0.15, 0.2) is 23.2 Å². The Bertz CT molecular complexity index is 521. The molecule has 1 aromatic carbocycles. The van der Waals surface area contributed by atoms with Crippen LogP contribution in [-0.2, 0) is 6.54 Å². The third-order valence-electron chi connectivity index (χ3n) is 3.83. The molecule has 0 heterocycles. The predicted molar refractivity (Wildman–Crippen MR) is 103 cm³/mol. The summed E-state index contributed by atoms with van der Waals surface area (Å²) in [5, 5.41) is 3.29. The van der Waals surface area contributed by atoms with Crippen LogP contribution in [0.1, 0.15) is 31.7 Å². The van der Waals surface area contributed by atoms with E-state index in [1.807, 2.05) is 18.0 Å². The summed E-state index contributed by atoms with van der Waals surface area (Å²) in [6, 6.07) is 5.06. The molecule has 1 N–H and O–H groups in total. The maximum atomic E-state index is 13.8. The monoisotopic (exact) mass is 435 g/mol. The Kier molecular flexibility index (Phi) is 8.65. The molecule has 0 unspecified atom stereocenters. The van der Waals surface area contributed by atoms with Crippen molar-refractivity contribution < 1.29 is 9.13 Å². The predicted octanol–water partition coefficient (Wildman–Crippen LogP) is 3.65. The van der Waals surface area contributed by atoms with Crippen LogP contribution in [-0.4, -0.2) is 38.1 Å². The van der Waals surface area contributed by atoms with E-state index in [-0.39, 0.29) is 35.5 Å². The van der Waals surface area contributed by atoms with Crippen molar-refractivity contribution in [3.63, 3.8) is 0 Å². The zero-order chi connectivity index (χ0) is 15.9. The highest BCUT2D eigenvalue weighted by molar-refractivity contribution is 14.0. The van der Waals surface area contributed by atoms with Crippen LogP contribution in [0.4, 0.5) is 4.39 Å². The van der Waals surface area contributed by atoms with E-state index >= 15 is 0 Å². The Labute approximate surface area is 155 Å². The van der Waals surface area contributed by atoms with Gasteiger partial charge in [-0.2, -0.15) is 0 Å². The van der Waals surface area contributed by atoms with Crippen molar-refractivity contribution >= 4 is 29.9 Å². The van der Waals surface area contributed by atoms with E-state index in [2.05, 4.69) is 17.2 Å². The summed E-state index contributed by atoms with van der Waals surface area (Å²) in [6.07, 6.45) is 3.87. The van der Waals surface area contributed by atoms with Crippen LogP contribution in [0.5, 0.6) is 5.75 Å². The van der Waals surface area contributed by atoms with E-state index in [1.54, 1.807) is 6.07 Å². The Morgan fingerprint density at radius 1 is 1.43 bits per heavy atom. The van der Waals surface area contributed by atoms with Gasteiger partial charge in [-0.05, 0) is 37.0 Å². The number of guanidine groups is 1. The highest BCUT2D eigenvalue weighted by Gasteiger charge is 2.20. The van der Waals surface area contributed by atoms with Crippen molar-refractivity contribution in [2.24, 2.45) is 10.9 Å². The Morgan fingerprint density at radius 2 is 2.17 bits per heavy atom. The van der Waals surface area contributed by atoms with E-state index in [4.69, 9.17) is 4.74 Å². The maximum Gasteiger partial charge on any atom is 0.193 e. The highest BCUT2D eigenvalue weighted by atomic mass is 127. The first-order valence-electron chi connectivity index (χ1n) is 7.96. The van der Waals surface area contributed by atoms with Gasteiger partial charge in [0, 0.05) is 26.7 Å². The minimum absolute atomic E-state index is 0. The molecule has 0 atom stereocenters. The summed E-state index contributed by atoms with van der Waals surface area (Å²) < 4.78 is 18.7. The molecule has 2 rings (SSSR count). The fourth-order valence-electron chi connectivity index (χ4n) is 2.39. The summed E-state index contributed by atoms with van der Waals surface area (Å²) >= 11 is 0. The van der Waals surface area contributed by atoms with Gasteiger partial charge in [0.05, 0.1) is 7.11 Å². The number of aliphatic imine (C=N–C) groups is 1. The minimum Gasteiger partial charge on any atom is -0.494 e. The fourth-order valence-corrected chi connectivity index (χ4v) is 2.39. The molecule has 130 valence electrons. The van der Waals surface area contributed by atoms with Gasteiger partial charge in [0.15, 0.2) is 17.5 Å². The molecular weight excluding hydrogens is 408 g/mol. The quantitative estimate of drug-likeness (QED) is 0.404. The van der Waals surface area contributed by atoms with Crippen LogP contribution in [0.25, 0.3) is 0 Å². The normalized spacial score (nSPS) is 14.2. The molecule has 1 saturated carbocycles. The number of nitrogens with zero attached hydrogens (tertiary/aromatic N) is 2. The van der Waals surface area contributed by atoms with Crippen molar-refractivity contribution in [2.45, 2.75) is 32.7 Å². The lowest BCUT2D eigenvalue weighted by molar-refractivity contribution is 0.385. The molecule has 1 aromatic rings. The molecule has 0 radical (unpaired) electrons. The van der Waals surface area contributed by atoms with E-state index < -0.39 is 0 Å². The molecule has 0 amide bonds. The molecule has 6 heteroatoms. The summed E-state index contributed by atoms with van der Waals surface area (Å²) in [6.45, 7) is 4.34. The molecule has 0 bridgehead atoms. The van der Waals surface area contributed by atoms with Crippen LogP contribution in [0, 0.1) is 11.7 Å². The first kappa shape index (κ1) is 20.0. The van der Waals surface area contributed by atoms with Gasteiger partial charge in [-0.25, -0.2) is 4.39 Å².